The molecule has 0 aliphatic carbocycles. The van der Waals surface area contributed by atoms with E-state index in [0.29, 0.717) is 23.6 Å². The van der Waals surface area contributed by atoms with Crippen LogP contribution in [0.15, 0.2) is 67.1 Å². The molecule has 3 aromatic heterocycles. The van der Waals surface area contributed by atoms with E-state index in [0.717, 1.165) is 28.7 Å². The van der Waals surface area contributed by atoms with E-state index in [2.05, 4.69) is 27.1 Å². The zero-order valence-corrected chi connectivity index (χ0v) is 16.4. The first-order chi connectivity index (χ1) is 14.2. The number of aromatic nitrogens is 4. The van der Waals surface area contributed by atoms with Crippen molar-refractivity contribution in [2.24, 2.45) is 0 Å². The summed E-state index contributed by atoms with van der Waals surface area (Å²) in [5.41, 5.74) is 4.71. The lowest BCUT2D eigenvalue weighted by Crippen LogP contribution is -2.35. The smallest absolute Gasteiger partial charge is 0.272 e. The molecule has 0 unspecified atom stereocenters. The number of aromatic amines is 2. The van der Waals surface area contributed by atoms with Crippen molar-refractivity contribution in [3.63, 3.8) is 0 Å². The van der Waals surface area contributed by atoms with Crippen LogP contribution in [0, 0.1) is 4.77 Å². The van der Waals surface area contributed by atoms with Crippen LogP contribution in [0.3, 0.4) is 0 Å². The predicted molar refractivity (Wildman–Crippen MR) is 116 cm³/mol. The van der Waals surface area contributed by atoms with Gasteiger partial charge in [0.2, 0.25) is 0 Å². The van der Waals surface area contributed by atoms with Crippen LogP contribution >= 0.6 is 12.2 Å². The topological polar surface area (TPSA) is 69.7 Å². The minimum absolute atomic E-state index is 0.0305. The van der Waals surface area contributed by atoms with E-state index in [1.807, 2.05) is 47.5 Å². The van der Waals surface area contributed by atoms with Crippen molar-refractivity contribution in [3.8, 4) is 5.69 Å². The molecule has 29 heavy (non-hydrogen) atoms. The molecule has 0 atom stereocenters. The van der Waals surface area contributed by atoms with Gasteiger partial charge in [-0.3, -0.25) is 9.36 Å². The largest absolute Gasteiger partial charge is 0.346 e. The number of nitrogens with zero attached hydrogens (tertiary/aromatic N) is 3. The number of imidazole rings is 1. The molecule has 7 heteroatoms. The van der Waals surface area contributed by atoms with Crippen LogP contribution in [0.25, 0.3) is 22.3 Å². The van der Waals surface area contributed by atoms with Gasteiger partial charge in [-0.2, -0.15) is 0 Å². The number of hydrogen-bond acceptors (Lipinski definition) is 3. The third kappa shape index (κ3) is 3.09. The van der Waals surface area contributed by atoms with Crippen LogP contribution in [-0.4, -0.2) is 43.4 Å². The summed E-state index contributed by atoms with van der Waals surface area (Å²) in [6.07, 6.45) is 8.40. The molecular weight excluding hydrogens is 382 g/mol. The molecule has 0 fully saturated rings. The number of para-hydroxylation sites is 1. The fourth-order valence-electron chi connectivity index (χ4n) is 3.84. The van der Waals surface area contributed by atoms with Crippen molar-refractivity contribution >= 4 is 34.7 Å². The summed E-state index contributed by atoms with van der Waals surface area (Å²) in [5.74, 6) is -0.0305. The van der Waals surface area contributed by atoms with Gasteiger partial charge >= 0.3 is 0 Å². The SMILES string of the molecule is O=C(c1c[nH]c(=S)n1-c1ccccc1)N1CC=C(c2c[nH]c3ncccc23)CC1. The van der Waals surface area contributed by atoms with Gasteiger partial charge in [0, 0.05) is 48.3 Å². The Bertz CT molecular complexity index is 1280. The van der Waals surface area contributed by atoms with Gasteiger partial charge in [0.15, 0.2) is 4.77 Å². The Kier molecular flexibility index (Phi) is 4.37. The highest BCUT2D eigenvalue weighted by Gasteiger charge is 2.23. The minimum atomic E-state index is -0.0305. The number of amides is 1. The Balaban J connectivity index is 1.42. The Morgan fingerprint density at radius 1 is 1.07 bits per heavy atom. The lowest BCUT2D eigenvalue weighted by atomic mass is 9.99. The second-order valence-electron chi connectivity index (χ2n) is 6.98. The van der Waals surface area contributed by atoms with Gasteiger partial charge in [0.25, 0.3) is 5.91 Å². The van der Waals surface area contributed by atoms with Crippen molar-refractivity contribution in [1.82, 2.24) is 24.4 Å². The number of nitrogens with one attached hydrogen (secondary N) is 2. The van der Waals surface area contributed by atoms with Crippen LogP contribution in [0.1, 0.15) is 22.5 Å². The standard InChI is InChI=1S/C22H19N5OS/c28-21(19-14-25-22(29)27(19)16-5-2-1-3-6-16)26-11-8-15(9-12-26)18-13-24-20-17(18)7-4-10-23-20/h1-8,10,13-14H,9,11-12H2,(H,23,24)(H,25,29). The van der Waals surface area contributed by atoms with Gasteiger partial charge in [-0.25, -0.2) is 4.98 Å². The van der Waals surface area contributed by atoms with Gasteiger partial charge < -0.3 is 14.9 Å². The fraction of sp³-hybridized carbons (Fsp3) is 0.136. The van der Waals surface area contributed by atoms with Crippen molar-refractivity contribution < 1.29 is 4.79 Å². The summed E-state index contributed by atoms with van der Waals surface area (Å²) < 4.78 is 2.31. The number of carbonyl (C=O) groups excluding carboxylic acids is 1. The normalized spacial score (nSPS) is 14.2. The third-order valence-corrected chi connectivity index (χ3v) is 5.60. The maximum atomic E-state index is 13.2. The Morgan fingerprint density at radius 2 is 1.93 bits per heavy atom. The molecule has 1 amide bonds. The van der Waals surface area contributed by atoms with Gasteiger partial charge in [0.05, 0.1) is 0 Å². The molecule has 0 saturated heterocycles. The first-order valence-corrected chi connectivity index (χ1v) is 9.90. The second-order valence-corrected chi connectivity index (χ2v) is 7.37. The average molecular weight is 401 g/mol. The Labute approximate surface area is 172 Å². The average Bonchev–Trinajstić information content (AvgIpc) is 3.38. The first kappa shape index (κ1) is 17.6. The number of hydrogen-bond donors (Lipinski definition) is 2. The number of benzene rings is 1. The van der Waals surface area contributed by atoms with Gasteiger partial charge in [-0.1, -0.05) is 24.3 Å². The summed E-state index contributed by atoms with van der Waals surface area (Å²) in [4.78, 5) is 25.7. The molecule has 4 heterocycles. The molecular formula is C22H19N5OS. The van der Waals surface area contributed by atoms with E-state index in [-0.39, 0.29) is 5.91 Å². The molecule has 144 valence electrons. The highest BCUT2D eigenvalue weighted by molar-refractivity contribution is 7.71. The van der Waals surface area contributed by atoms with Gasteiger partial charge in [-0.15, -0.1) is 0 Å². The Morgan fingerprint density at radius 3 is 2.72 bits per heavy atom. The maximum Gasteiger partial charge on any atom is 0.272 e. The van der Waals surface area contributed by atoms with Crippen molar-refractivity contribution in [1.29, 1.82) is 0 Å². The summed E-state index contributed by atoms with van der Waals surface area (Å²) in [6.45, 7) is 1.22. The van der Waals surface area contributed by atoms with E-state index < -0.39 is 0 Å². The molecule has 2 N–H and O–H groups in total. The highest BCUT2D eigenvalue weighted by Crippen LogP contribution is 2.29. The zero-order valence-electron chi connectivity index (χ0n) is 15.6. The van der Waals surface area contributed by atoms with Crippen LogP contribution in [0.5, 0.6) is 0 Å². The second kappa shape index (κ2) is 7.18. The van der Waals surface area contributed by atoms with Crippen LogP contribution in [0.4, 0.5) is 0 Å². The van der Waals surface area contributed by atoms with E-state index in [9.17, 15) is 4.79 Å². The zero-order chi connectivity index (χ0) is 19.8. The van der Waals surface area contributed by atoms with Crippen LogP contribution in [-0.2, 0) is 0 Å². The van der Waals surface area contributed by atoms with Crippen molar-refractivity contribution in [2.45, 2.75) is 6.42 Å². The summed E-state index contributed by atoms with van der Waals surface area (Å²) >= 11 is 5.41. The van der Waals surface area contributed by atoms with E-state index in [1.54, 1.807) is 17.0 Å². The van der Waals surface area contributed by atoms with Gasteiger partial charge in [0.1, 0.15) is 11.3 Å². The quantitative estimate of drug-likeness (QED) is 0.502. The third-order valence-electron chi connectivity index (χ3n) is 5.30. The molecule has 0 spiro atoms. The van der Waals surface area contributed by atoms with Crippen LogP contribution < -0.4 is 0 Å². The van der Waals surface area contributed by atoms with Crippen molar-refractivity contribution in [3.05, 3.63) is 83.2 Å². The number of rotatable bonds is 3. The van der Waals surface area contributed by atoms with Gasteiger partial charge in [-0.05, 0) is 48.5 Å². The molecule has 5 rings (SSSR count). The number of carbonyl (C=O) groups is 1. The first-order valence-electron chi connectivity index (χ1n) is 9.49. The molecule has 6 nitrogen and oxygen atoms in total. The highest BCUT2D eigenvalue weighted by atomic mass is 32.1. The molecule has 0 saturated carbocycles. The predicted octanol–water partition coefficient (Wildman–Crippen LogP) is 4.34. The monoisotopic (exact) mass is 401 g/mol. The van der Waals surface area contributed by atoms with Crippen molar-refractivity contribution in [2.75, 3.05) is 13.1 Å². The molecule has 0 bridgehead atoms. The number of fused-ring (bicyclic) bond motifs is 1. The molecule has 1 aromatic carbocycles. The number of pyridine rings is 1. The lowest BCUT2D eigenvalue weighted by molar-refractivity contribution is 0.0765. The summed E-state index contributed by atoms with van der Waals surface area (Å²) in [5, 5.41) is 1.11. The summed E-state index contributed by atoms with van der Waals surface area (Å²) in [7, 11) is 0. The Hall–Kier alpha value is -3.45. The fourth-order valence-corrected chi connectivity index (χ4v) is 4.10. The van der Waals surface area contributed by atoms with Crippen LogP contribution in [0.2, 0.25) is 0 Å². The molecule has 1 aliphatic rings. The molecule has 0 radical (unpaired) electrons. The summed E-state index contributed by atoms with van der Waals surface area (Å²) in [6, 6.07) is 13.7. The molecule has 4 aromatic rings. The van der Waals surface area contributed by atoms with E-state index in [1.165, 1.54) is 5.57 Å². The molecule has 1 aliphatic heterocycles. The van der Waals surface area contributed by atoms with E-state index in [4.69, 9.17) is 12.2 Å². The lowest BCUT2D eigenvalue weighted by Gasteiger charge is -2.26. The number of H-pyrrole nitrogens is 2. The minimum Gasteiger partial charge on any atom is -0.346 e. The van der Waals surface area contributed by atoms with E-state index >= 15 is 0 Å². The maximum absolute atomic E-state index is 13.2.